The van der Waals surface area contributed by atoms with Crippen molar-refractivity contribution in [2.24, 2.45) is 0 Å². The van der Waals surface area contributed by atoms with Crippen molar-refractivity contribution < 1.29 is 22.5 Å². The third-order valence-corrected chi connectivity index (χ3v) is 8.48. The molecule has 0 aliphatic heterocycles. The Balaban J connectivity index is 1.53. The van der Waals surface area contributed by atoms with E-state index in [0.29, 0.717) is 16.2 Å². The van der Waals surface area contributed by atoms with Crippen molar-refractivity contribution >= 4 is 42.7 Å². The van der Waals surface area contributed by atoms with E-state index in [1.807, 2.05) is 32.0 Å². The van der Waals surface area contributed by atoms with Crippen molar-refractivity contribution in [3.63, 3.8) is 0 Å². The molecule has 14 heteroatoms. The van der Waals surface area contributed by atoms with Gasteiger partial charge < -0.3 is 14.0 Å². The van der Waals surface area contributed by atoms with Crippen LogP contribution in [0.2, 0.25) is 0 Å². The smallest absolute Gasteiger partial charge is 0.307 e. The average Bonchev–Trinajstić information content (AvgIpc) is 3.50. The van der Waals surface area contributed by atoms with Gasteiger partial charge in [0.1, 0.15) is 10.8 Å². The molecular weight excluding hydrogens is 502 g/mol. The third kappa shape index (κ3) is 4.03. The molecule has 1 unspecified atom stereocenters. The number of nitrogens with one attached hydrogen (secondary N) is 1. The second-order valence-corrected chi connectivity index (χ2v) is 11.9. The maximum atomic E-state index is 12.7. The average molecular weight is 520 g/mol. The summed E-state index contributed by atoms with van der Waals surface area (Å²) in [7, 11) is -3.73. The predicted octanol–water partition coefficient (Wildman–Crippen LogP) is 3.13. The molecule has 0 spiro atoms. The normalized spacial score (nSPS) is 13.0. The summed E-state index contributed by atoms with van der Waals surface area (Å²) in [6.07, 6.45) is 1.06. The molecule has 0 radical (unpaired) electrons. The van der Waals surface area contributed by atoms with Gasteiger partial charge in [-0.3, -0.25) is 9.78 Å². The van der Waals surface area contributed by atoms with E-state index < -0.39 is 20.0 Å². The molecule has 4 aromatic heterocycles. The zero-order valence-corrected chi connectivity index (χ0v) is 20.5. The molecule has 5 rings (SSSR count). The number of rotatable bonds is 6. The Hall–Kier alpha value is -3.36. The molecule has 0 amide bonds. The van der Waals surface area contributed by atoms with Crippen molar-refractivity contribution in [2.75, 3.05) is 6.26 Å². The summed E-state index contributed by atoms with van der Waals surface area (Å²) in [5, 5.41) is 20.6. The van der Waals surface area contributed by atoms with Gasteiger partial charge in [0.15, 0.2) is 15.1 Å². The number of sulfone groups is 1. The Morgan fingerprint density at radius 1 is 1.21 bits per heavy atom. The van der Waals surface area contributed by atoms with Gasteiger partial charge in [0.2, 0.25) is 17.7 Å². The van der Waals surface area contributed by atoms with Crippen LogP contribution in [0, 0.1) is 13.8 Å². The van der Waals surface area contributed by atoms with E-state index in [1.54, 1.807) is 0 Å². The molecule has 0 aliphatic rings. The number of hydrogen-bond donors (Lipinski definition) is 2. The van der Waals surface area contributed by atoms with Crippen LogP contribution >= 0.6 is 22.7 Å². The summed E-state index contributed by atoms with van der Waals surface area (Å²) in [6, 6.07) is 5.61. The minimum absolute atomic E-state index is 0.0145. The standard InChI is InChI=1S/C20H17N5O6S3/c1-8-15(9(2)31-25-8)10-4-5-11-12(6-10)32-19(21-11)16(34(3,28)29)18-24-23-14(30-18)7-13-17(26)22-20(27)33-13/h4-6,16,26H,7H2,1-3H3,(H,22,27). The van der Waals surface area contributed by atoms with E-state index in [2.05, 4.69) is 25.3 Å². The van der Waals surface area contributed by atoms with Gasteiger partial charge in [0.05, 0.1) is 27.2 Å². The van der Waals surface area contributed by atoms with Gasteiger partial charge >= 0.3 is 4.87 Å². The molecule has 5 aromatic rings. The number of nitrogens with zero attached hydrogens (tertiary/aromatic N) is 4. The van der Waals surface area contributed by atoms with Crippen LogP contribution in [0.5, 0.6) is 5.88 Å². The number of H-pyrrole nitrogens is 1. The molecule has 0 bridgehead atoms. The molecule has 4 heterocycles. The summed E-state index contributed by atoms with van der Waals surface area (Å²) in [5.41, 5.74) is 3.16. The molecule has 0 saturated carbocycles. The van der Waals surface area contributed by atoms with Crippen LogP contribution < -0.4 is 4.87 Å². The number of aromatic amines is 1. The lowest BCUT2D eigenvalue weighted by Gasteiger charge is -2.07. The van der Waals surface area contributed by atoms with Crippen molar-refractivity contribution in [3.05, 3.63) is 61.0 Å². The van der Waals surface area contributed by atoms with Crippen molar-refractivity contribution in [2.45, 2.75) is 25.5 Å². The van der Waals surface area contributed by atoms with E-state index in [0.717, 1.165) is 39.1 Å². The van der Waals surface area contributed by atoms with Crippen LogP contribution in [0.15, 0.2) is 31.9 Å². The quantitative estimate of drug-likeness (QED) is 0.340. The first-order chi connectivity index (χ1) is 16.1. The third-order valence-electron chi connectivity index (χ3n) is 5.10. The summed E-state index contributed by atoms with van der Waals surface area (Å²) in [4.78, 5) is 18.1. The minimum Gasteiger partial charge on any atom is -0.494 e. The highest BCUT2D eigenvalue weighted by Gasteiger charge is 2.34. The lowest BCUT2D eigenvalue weighted by molar-refractivity contribution is 0.393. The lowest BCUT2D eigenvalue weighted by Crippen LogP contribution is -2.13. The Morgan fingerprint density at radius 2 is 2.00 bits per heavy atom. The Kier molecular flexibility index (Phi) is 5.37. The van der Waals surface area contributed by atoms with Crippen molar-refractivity contribution in [1.29, 1.82) is 0 Å². The van der Waals surface area contributed by atoms with E-state index in [4.69, 9.17) is 8.94 Å². The second kappa shape index (κ2) is 8.14. The van der Waals surface area contributed by atoms with E-state index in [-0.39, 0.29) is 29.1 Å². The summed E-state index contributed by atoms with van der Waals surface area (Å²) in [5.74, 6) is 0.336. The maximum absolute atomic E-state index is 12.7. The molecular formula is C20H17N5O6S3. The highest BCUT2D eigenvalue weighted by molar-refractivity contribution is 7.91. The molecule has 1 aromatic carbocycles. The molecule has 11 nitrogen and oxygen atoms in total. The first kappa shape index (κ1) is 22.4. The number of hydrogen-bond acceptors (Lipinski definition) is 12. The SMILES string of the molecule is Cc1noc(C)c1-c1ccc2nc(C(c3nnc(Cc4sc(=O)[nH]c4O)o3)S(C)(=O)=O)sc2c1. The second-order valence-electron chi connectivity index (χ2n) is 7.64. The largest absolute Gasteiger partial charge is 0.494 e. The van der Waals surface area contributed by atoms with Crippen molar-refractivity contribution in [3.8, 4) is 17.0 Å². The fourth-order valence-corrected chi connectivity index (χ4v) is 6.88. The maximum Gasteiger partial charge on any atom is 0.307 e. The Morgan fingerprint density at radius 3 is 2.65 bits per heavy atom. The summed E-state index contributed by atoms with van der Waals surface area (Å²) in [6.45, 7) is 3.68. The van der Waals surface area contributed by atoms with Crippen molar-refractivity contribution in [1.82, 2.24) is 25.3 Å². The summed E-state index contributed by atoms with van der Waals surface area (Å²) < 4.78 is 37.1. The van der Waals surface area contributed by atoms with Gasteiger partial charge in [0.25, 0.3) is 0 Å². The number of aryl methyl sites for hydroxylation is 2. The Bertz CT molecular complexity index is 1670. The zero-order chi connectivity index (χ0) is 24.2. The molecule has 0 fully saturated rings. The van der Waals surface area contributed by atoms with Gasteiger partial charge in [-0.15, -0.1) is 21.5 Å². The fourth-order valence-electron chi connectivity index (χ4n) is 3.63. The number of aromatic hydroxyl groups is 1. The number of fused-ring (bicyclic) bond motifs is 1. The molecule has 0 saturated heterocycles. The number of aromatic nitrogens is 5. The molecule has 1 atom stereocenters. The van der Waals surface area contributed by atoms with Gasteiger partial charge in [-0.25, -0.2) is 13.4 Å². The summed E-state index contributed by atoms with van der Waals surface area (Å²) >= 11 is 2.02. The highest BCUT2D eigenvalue weighted by atomic mass is 32.2. The Labute approximate surface area is 200 Å². The van der Waals surface area contributed by atoms with Crippen LogP contribution in [-0.2, 0) is 16.3 Å². The number of thiazole rings is 2. The number of benzene rings is 1. The van der Waals surface area contributed by atoms with Crippen LogP contribution in [0.3, 0.4) is 0 Å². The first-order valence-electron chi connectivity index (χ1n) is 9.86. The van der Waals surface area contributed by atoms with Crippen LogP contribution in [0.1, 0.15) is 38.4 Å². The molecule has 34 heavy (non-hydrogen) atoms. The van der Waals surface area contributed by atoms with E-state index >= 15 is 0 Å². The van der Waals surface area contributed by atoms with E-state index in [9.17, 15) is 18.3 Å². The zero-order valence-electron chi connectivity index (χ0n) is 18.0. The van der Waals surface area contributed by atoms with Gasteiger partial charge in [-0.2, -0.15) is 0 Å². The molecule has 176 valence electrons. The van der Waals surface area contributed by atoms with Gasteiger partial charge in [-0.05, 0) is 31.5 Å². The van der Waals surface area contributed by atoms with Gasteiger partial charge in [0, 0.05) is 11.8 Å². The lowest BCUT2D eigenvalue weighted by atomic mass is 10.0. The molecule has 0 aliphatic carbocycles. The minimum atomic E-state index is -3.73. The van der Waals surface area contributed by atoms with Crippen LogP contribution in [0.25, 0.3) is 21.3 Å². The van der Waals surface area contributed by atoms with Crippen LogP contribution in [-0.4, -0.2) is 45.1 Å². The highest BCUT2D eigenvalue weighted by Crippen LogP contribution is 2.37. The first-order valence-corrected chi connectivity index (χ1v) is 13.4. The van der Waals surface area contributed by atoms with Gasteiger partial charge in [-0.1, -0.05) is 22.6 Å². The fraction of sp³-hybridized carbons (Fsp3) is 0.250. The predicted molar refractivity (Wildman–Crippen MR) is 125 cm³/mol. The monoisotopic (exact) mass is 519 g/mol. The topological polar surface area (TPSA) is 165 Å². The van der Waals surface area contributed by atoms with Crippen LogP contribution in [0.4, 0.5) is 0 Å². The molecule has 2 N–H and O–H groups in total. The van der Waals surface area contributed by atoms with E-state index in [1.165, 1.54) is 11.3 Å².